The van der Waals surface area contributed by atoms with Crippen LogP contribution in [0.1, 0.15) is 46.1 Å². The van der Waals surface area contributed by atoms with Crippen molar-refractivity contribution < 1.29 is 14.3 Å². The van der Waals surface area contributed by atoms with E-state index in [1.165, 1.54) is 0 Å². The van der Waals surface area contributed by atoms with E-state index in [4.69, 9.17) is 10.5 Å². The molecule has 0 aliphatic carbocycles. The van der Waals surface area contributed by atoms with Crippen molar-refractivity contribution in [2.24, 2.45) is 5.73 Å². The maximum absolute atomic E-state index is 12.9. The maximum atomic E-state index is 12.9. The van der Waals surface area contributed by atoms with Crippen molar-refractivity contribution in [1.82, 2.24) is 14.8 Å². The van der Waals surface area contributed by atoms with Crippen LogP contribution in [0.15, 0.2) is 48.7 Å². The second-order valence-electron chi connectivity index (χ2n) is 6.25. The second-order valence-corrected chi connectivity index (χ2v) is 6.25. The minimum absolute atomic E-state index is 0.0139. The van der Waals surface area contributed by atoms with Gasteiger partial charge in [0, 0.05) is 6.20 Å². The molecule has 29 heavy (non-hydrogen) atoms. The molecule has 1 aromatic carbocycles. The third kappa shape index (κ3) is 4.43. The summed E-state index contributed by atoms with van der Waals surface area (Å²) in [5, 5.41) is 7.15. The first-order chi connectivity index (χ1) is 14.0. The lowest BCUT2D eigenvalue weighted by Gasteiger charge is -2.12. The fraction of sp³-hybridized carbons (Fsp3) is 0.238. The Morgan fingerprint density at radius 3 is 2.55 bits per heavy atom. The molecule has 150 valence electrons. The van der Waals surface area contributed by atoms with E-state index < -0.39 is 11.8 Å². The lowest BCUT2D eigenvalue weighted by atomic mass is 10.1. The predicted octanol–water partition coefficient (Wildman–Crippen LogP) is 2.64. The predicted molar refractivity (Wildman–Crippen MR) is 109 cm³/mol. The molecule has 0 spiro atoms. The molecule has 3 aromatic rings. The first-order valence-corrected chi connectivity index (χ1v) is 9.37. The number of anilines is 1. The topological polar surface area (TPSA) is 112 Å². The molecule has 0 bridgehead atoms. The Balaban J connectivity index is 1.98. The molecule has 8 nitrogen and oxygen atoms in total. The molecule has 2 heterocycles. The summed E-state index contributed by atoms with van der Waals surface area (Å²) in [6.45, 7) is 4.55. The minimum atomic E-state index is -0.715. The number of rotatable bonds is 8. The van der Waals surface area contributed by atoms with E-state index in [0.717, 1.165) is 5.69 Å². The Labute approximate surface area is 168 Å². The van der Waals surface area contributed by atoms with Crippen molar-refractivity contribution >= 4 is 17.5 Å². The van der Waals surface area contributed by atoms with Gasteiger partial charge in [0.05, 0.1) is 35.8 Å². The average molecular weight is 393 g/mol. The molecule has 0 fully saturated rings. The van der Waals surface area contributed by atoms with Crippen LogP contribution in [0.5, 0.6) is 5.75 Å². The van der Waals surface area contributed by atoms with Crippen molar-refractivity contribution in [3.8, 4) is 5.75 Å². The number of aromatic nitrogens is 3. The molecule has 3 rings (SSSR count). The van der Waals surface area contributed by atoms with Crippen LogP contribution in [-0.4, -0.2) is 33.2 Å². The van der Waals surface area contributed by atoms with Crippen LogP contribution in [-0.2, 0) is 13.0 Å². The molecule has 2 amide bonds. The van der Waals surface area contributed by atoms with E-state index in [1.807, 2.05) is 32.0 Å². The van der Waals surface area contributed by atoms with Crippen molar-refractivity contribution in [3.63, 3.8) is 0 Å². The van der Waals surface area contributed by atoms with E-state index in [2.05, 4.69) is 15.4 Å². The van der Waals surface area contributed by atoms with Crippen LogP contribution < -0.4 is 15.8 Å². The number of hydrogen-bond donors (Lipinski definition) is 2. The zero-order valence-electron chi connectivity index (χ0n) is 16.4. The van der Waals surface area contributed by atoms with Gasteiger partial charge in [-0.1, -0.05) is 25.1 Å². The molecule has 0 aliphatic heterocycles. The number of amides is 2. The van der Waals surface area contributed by atoms with Crippen LogP contribution in [0.3, 0.4) is 0 Å². The number of para-hydroxylation sites is 1. The van der Waals surface area contributed by atoms with Gasteiger partial charge in [-0.05, 0) is 37.6 Å². The van der Waals surface area contributed by atoms with Gasteiger partial charge >= 0.3 is 0 Å². The van der Waals surface area contributed by atoms with E-state index in [0.29, 0.717) is 42.3 Å². The van der Waals surface area contributed by atoms with Crippen molar-refractivity contribution in [3.05, 3.63) is 71.3 Å². The van der Waals surface area contributed by atoms with Crippen molar-refractivity contribution in [1.29, 1.82) is 0 Å². The highest BCUT2D eigenvalue weighted by Crippen LogP contribution is 2.25. The number of hydrogen-bond acceptors (Lipinski definition) is 5. The number of ether oxygens (including phenoxy) is 1. The monoisotopic (exact) mass is 393 g/mol. The molecule has 0 radical (unpaired) electrons. The average Bonchev–Trinajstić information content (AvgIpc) is 3.06. The number of carbonyl (C=O) groups is 2. The van der Waals surface area contributed by atoms with Gasteiger partial charge in [-0.15, -0.1) is 0 Å². The molecule has 0 saturated heterocycles. The highest BCUT2D eigenvalue weighted by Gasteiger charge is 2.24. The highest BCUT2D eigenvalue weighted by atomic mass is 16.5. The van der Waals surface area contributed by atoms with Gasteiger partial charge < -0.3 is 15.8 Å². The van der Waals surface area contributed by atoms with Gasteiger partial charge in [-0.3, -0.25) is 19.3 Å². The fourth-order valence-electron chi connectivity index (χ4n) is 3.05. The summed E-state index contributed by atoms with van der Waals surface area (Å²) in [5.74, 6) is -0.649. The summed E-state index contributed by atoms with van der Waals surface area (Å²) < 4.78 is 7.18. The summed E-state index contributed by atoms with van der Waals surface area (Å²) in [6.07, 6.45) is 2.22. The molecule has 0 atom stereocenters. The maximum Gasteiger partial charge on any atom is 0.271 e. The van der Waals surface area contributed by atoms with Crippen LogP contribution in [0.2, 0.25) is 0 Å². The second kappa shape index (κ2) is 9.01. The van der Waals surface area contributed by atoms with Gasteiger partial charge in [0.15, 0.2) is 5.69 Å². The highest BCUT2D eigenvalue weighted by molar-refractivity contribution is 6.09. The number of pyridine rings is 1. The Bertz CT molecular complexity index is 1010. The van der Waals surface area contributed by atoms with E-state index in [1.54, 1.807) is 35.1 Å². The first kappa shape index (κ1) is 20.1. The lowest BCUT2D eigenvalue weighted by Crippen LogP contribution is -2.19. The molecule has 0 saturated carbocycles. The zero-order chi connectivity index (χ0) is 20.8. The van der Waals surface area contributed by atoms with Crippen LogP contribution in [0.4, 0.5) is 5.69 Å². The van der Waals surface area contributed by atoms with Gasteiger partial charge in [0.2, 0.25) is 0 Å². The third-order valence-corrected chi connectivity index (χ3v) is 4.33. The van der Waals surface area contributed by atoms with Gasteiger partial charge in [0.25, 0.3) is 11.8 Å². The van der Waals surface area contributed by atoms with Crippen LogP contribution in [0, 0.1) is 0 Å². The standard InChI is InChI=1S/C21H23N5O3/c1-3-16-18(24-21(28)15-10-5-6-11-17(15)29-4-2)19(20(22)27)25-26(16)13-14-9-7-8-12-23-14/h5-12H,3-4,13H2,1-2H3,(H2,22,27)(H,24,28). The zero-order valence-corrected chi connectivity index (χ0v) is 16.4. The number of primary amides is 1. The van der Waals surface area contributed by atoms with E-state index >= 15 is 0 Å². The quantitative estimate of drug-likeness (QED) is 0.611. The summed E-state index contributed by atoms with van der Waals surface area (Å²) in [5.41, 5.74) is 7.69. The Hall–Kier alpha value is -3.68. The number of nitrogens with one attached hydrogen (secondary N) is 1. The molecule has 0 unspecified atom stereocenters. The fourth-order valence-corrected chi connectivity index (χ4v) is 3.05. The van der Waals surface area contributed by atoms with Gasteiger partial charge in [0.1, 0.15) is 5.75 Å². The summed E-state index contributed by atoms with van der Waals surface area (Å²) >= 11 is 0. The third-order valence-electron chi connectivity index (χ3n) is 4.33. The largest absolute Gasteiger partial charge is 0.493 e. The Kier molecular flexibility index (Phi) is 6.23. The number of nitrogens with two attached hydrogens (primary N) is 1. The SMILES string of the molecule is CCOc1ccccc1C(=O)Nc1c(C(N)=O)nn(Cc2ccccn2)c1CC. The summed E-state index contributed by atoms with van der Waals surface area (Å²) in [7, 11) is 0. The van der Waals surface area contributed by atoms with Crippen molar-refractivity contribution in [2.45, 2.75) is 26.8 Å². The smallest absolute Gasteiger partial charge is 0.271 e. The number of carbonyl (C=O) groups excluding carboxylic acids is 2. The summed E-state index contributed by atoms with van der Waals surface area (Å²) in [6, 6.07) is 12.5. The van der Waals surface area contributed by atoms with E-state index in [9.17, 15) is 9.59 Å². The summed E-state index contributed by atoms with van der Waals surface area (Å²) in [4.78, 5) is 29.2. The van der Waals surface area contributed by atoms with E-state index in [-0.39, 0.29) is 5.69 Å². The number of nitrogens with zero attached hydrogens (tertiary/aromatic N) is 3. The molecular weight excluding hydrogens is 370 g/mol. The van der Waals surface area contributed by atoms with Gasteiger partial charge in [-0.2, -0.15) is 5.10 Å². The normalized spacial score (nSPS) is 10.6. The Morgan fingerprint density at radius 1 is 1.14 bits per heavy atom. The Morgan fingerprint density at radius 2 is 1.90 bits per heavy atom. The first-order valence-electron chi connectivity index (χ1n) is 9.37. The van der Waals surface area contributed by atoms with Crippen LogP contribution >= 0.6 is 0 Å². The van der Waals surface area contributed by atoms with Crippen LogP contribution in [0.25, 0.3) is 0 Å². The molecular formula is C21H23N5O3. The van der Waals surface area contributed by atoms with Gasteiger partial charge in [-0.25, -0.2) is 0 Å². The minimum Gasteiger partial charge on any atom is -0.493 e. The molecule has 2 aromatic heterocycles. The lowest BCUT2D eigenvalue weighted by molar-refractivity contribution is 0.0995. The molecule has 0 aliphatic rings. The molecule has 3 N–H and O–H groups in total. The number of benzene rings is 1. The molecule has 8 heteroatoms. The van der Waals surface area contributed by atoms with Crippen molar-refractivity contribution in [2.75, 3.05) is 11.9 Å².